The number of nitrogens with zero attached hydrogens (tertiary/aromatic N) is 2. The first-order valence-corrected chi connectivity index (χ1v) is 10.7. The average Bonchev–Trinajstić information content (AvgIpc) is 3.14. The number of ether oxygens (including phenoxy) is 1. The number of rotatable bonds is 4. The van der Waals surface area contributed by atoms with E-state index < -0.39 is 0 Å². The van der Waals surface area contributed by atoms with E-state index in [-0.39, 0.29) is 6.17 Å². The molecule has 0 saturated carbocycles. The molecule has 2 atom stereocenters. The third-order valence-corrected chi connectivity index (χ3v) is 5.86. The fourth-order valence-corrected chi connectivity index (χ4v) is 4.32. The molecule has 148 valence electrons. The van der Waals surface area contributed by atoms with E-state index in [0.29, 0.717) is 6.10 Å². The van der Waals surface area contributed by atoms with Gasteiger partial charge in [-0.2, -0.15) is 0 Å². The van der Waals surface area contributed by atoms with Crippen LogP contribution >= 0.6 is 9.24 Å². The van der Waals surface area contributed by atoms with Crippen molar-refractivity contribution in [2.24, 2.45) is 0 Å². The first kappa shape index (κ1) is 18.4. The highest BCUT2D eigenvalue weighted by molar-refractivity contribution is 7.27. The zero-order valence-corrected chi connectivity index (χ0v) is 17.4. The lowest BCUT2D eigenvalue weighted by Gasteiger charge is -2.27. The number of benzene rings is 2. The van der Waals surface area contributed by atoms with E-state index in [1.54, 1.807) is 0 Å². The smallest absolute Gasteiger partial charge is 0.147 e. The molecule has 0 amide bonds. The van der Waals surface area contributed by atoms with E-state index in [1.165, 1.54) is 0 Å². The van der Waals surface area contributed by atoms with Gasteiger partial charge in [-0.15, -0.1) is 9.24 Å². The van der Waals surface area contributed by atoms with Gasteiger partial charge < -0.3 is 20.3 Å². The Labute approximate surface area is 173 Å². The summed E-state index contributed by atoms with van der Waals surface area (Å²) >= 11 is 0. The van der Waals surface area contributed by atoms with Crippen LogP contribution in [0.1, 0.15) is 24.7 Å². The Hall–Kier alpha value is -2.62. The first-order valence-electron chi connectivity index (χ1n) is 10.1. The zero-order valence-electron chi connectivity index (χ0n) is 16.2. The molecule has 0 bridgehead atoms. The summed E-state index contributed by atoms with van der Waals surface area (Å²) in [4.78, 5) is 6.90. The lowest BCUT2D eigenvalue weighted by molar-refractivity contribution is 0.162. The Morgan fingerprint density at radius 1 is 1.00 bits per heavy atom. The minimum atomic E-state index is -0.0470. The molecule has 3 heterocycles. The molecule has 5 rings (SSSR count). The zero-order chi connectivity index (χ0) is 19.6. The summed E-state index contributed by atoms with van der Waals surface area (Å²) in [6, 6.07) is 20.9. The molecule has 6 heteroatoms. The molecule has 0 spiro atoms. The Morgan fingerprint density at radius 3 is 2.59 bits per heavy atom. The van der Waals surface area contributed by atoms with Crippen molar-refractivity contribution >= 4 is 31.6 Å². The Kier molecular flexibility index (Phi) is 5.09. The Balaban J connectivity index is 1.45. The lowest BCUT2D eigenvalue weighted by Crippen LogP contribution is -2.34. The maximum absolute atomic E-state index is 6.18. The van der Waals surface area contributed by atoms with Crippen molar-refractivity contribution in [2.75, 3.05) is 23.3 Å². The van der Waals surface area contributed by atoms with E-state index in [2.05, 4.69) is 78.3 Å². The predicted octanol–water partition coefficient (Wildman–Crippen LogP) is 3.98. The SMILES string of the molecule is Pc1ccc2c(c1)NC(c1ccccn1)N2c1ccc(OC2CCNCC2)cc1. The summed E-state index contributed by atoms with van der Waals surface area (Å²) < 4.78 is 6.18. The quantitative estimate of drug-likeness (QED) is 0.645. The maximum atomic E-state index is 6.18. The van der Waals surface area contributed by atoms with Crippen LogP contribution in [0.4, 0.5) is 17.1 Å². The summed E-state index contributed by atoms with van der Waals surface area (Å²) in [7, 11) is 2.77. The van der Waals surface area contributed by atoms with Crippen molar-refractivity contribution in [3.8, 4) is 5.75 Å². The number of aromatic nitrogens is 1. The van der Waals surface area contributed by atoms with Gasteiger partial charge in [-0.05, 0) is 79.8 Å². The summed E-state index contributed by atoms with van der Waals surface area (Å²) in [5, 5.41) is 8.17. The summed E-state index contributed by atoms with van der Waals surface area (Å²) in [5.41, 5.74) is 4.37. The second-order valence-electron chi connectivity index (χ2n) is 7.51. The normalized spacial score (nSPS) is 18.9. The van der Waals surface area contributed by atoms with Crippen LogP contribution in [0.25, 0.3) is 0 Å². The molecule has 3 aromatic rings. The van der Waals surface area contributed by atoms with Crippen LogP contribution in [-0.2, 0) is 0 Å². The fraction of sp³-hybridized carbons (Fsp3) is 0.261. The van der Waals surface area contributed by atoms with Gasteiger partial charge in [0.05, 0.1) is 17.1 Å². The summed E-state index contributed by atoms with van der Waals surface area (Å²) in [6.45, 7) is 2.06. The summed E-state index contributed by atoms with van der Waals surface area (Å²) in [5.74, 6) is 0.933. The third kappa shape index (κ3) is 3.81. The monoisotopic (exact) mass is 404 g/mol. The average molecular weight is 404 g/mol. The van der Waals surface area contributed by atoms with Crippen LogP contribution in [0.5, 0.6) is 5.75 Å². The van der Waals surface area contributed by atoms with Crippen LogP contribution in [0.3, 0.4) is 0 Å². The minimum absolute atomic E-state index is 0.0470. The van der Waals surface area contributed by atoms with Crippen LogP contribution in [0.2, 0.25) is 0 Å². The van der Waals surface area contributed by atoms with Gasteiger partial charge >= 0.3 is 0 Å². The molecule has 1 fully saturated rings. The van der Waals surface area contributed by atoms with Gasteiger partial charge in [-0.1, -0.05) is 12.1 Å². The number of hydrogen-bond acceptors (Lipinski definition) is 5. The maximum Gasteiger partial charge on any atom is 0.147 e. The van der Waals surface area contributed by atoms with Crippen molar-refractivity contribution in [1.82, 2.24) is 10.3 Å². The number of fused-ring (bicyclic) bond motifs is 1. The van der Waals surface area contributed by atoms with E-state index in [1.807, 2.05) is 18.3 Å². The lowest BCUT2D eigenvalue weighted by atomic mass is 10.1. The van der Waals surface area contributed by atoms with E-state index in [4.69, 9.17) is 4.74 Å². The van der Waals surface area contributed by atoms with Crippen molar-refractivity contribution in [3.63, 3.8) is 0 Å². The van der Waals surface area contributed by atoms with Gasteiger partial charge in [0.1, 0.15) is 18.0 Å². The molecule has 2 aliphatic heterocycles. The third-order valence-electron chi connectivity index (χ3n) is 5.50. The van der Waals surface area contributed by atoms with Gasteiger partial charge in [0.15, 0.2) is 0 Å². The second kappa shape index (κ2) is 8.02. The molecule has 2 N–H and O–H groups in total. The fourth-order valence-electron chi connectivity index (χ4n) is 4.05. The van der Waals surface area contributed by atoms with Gasteiger partial charge in [0.2, 0.25) is 0 Å². The highest BCUT2D eigenvalue weighted by atomic mass is 31.0. The number of piperidine rings is 1. The molecule has 0 radical (unpaired) electrons. The van der Waals surface area contributed by atoms with Crippen LogP contribution in [-0.4, -0.2) is 24.2 Å². The largest absolute Gasteiger partial charge is 0.490 e. The van der Waals surface area contributed by atoms with E-state index in [0.717, 1.165) is 59.7 Å². The van der Waals surface area contributed by atoms with Crippen LogP contribution in [0, 0.1) is 0 Å². The van der Waals surface area contributed by atoms with Crippen molar-refractivity contribution in [3.05, 3.63) is 72.6 Å². The highest BCUT2D eigenvalue weighted by Crippen LogP contribution is 2.45. The highest BCUT2D eigenvalue weighted by Gasteiger charge is 2.32. The van der Waals surface area contributed by atoms with Gasteiger partial charge in [0, 0.05) is 11.9 Å². The standard InChI is InChI=1S/C23H25N4OP/c29-19-8-9-22-21(15-19)26-23(20-3-1-2-12-25-20)27(22)16-4-6-17(7-5-16)28-18-10-13-24-14-11-18/h1-9,12,15,18,23-24,26H,10-11,13-14,29H2. The molecule has 0 aliphatic carbocycles. The minimum Gasteiger partial charge on any atom is -0.490 e. The van der Waals surface area contributed by atoms with Crippen molar-refractivity contribution < 1.29 is 4.74 Å². The predicted molar refractivity (Wildman–Crippen MR) is 121 cm³/mol. The van der Waals surface area contributed by atoms with Gasteiger partial charge in [0.25, 0.3) is 0 Å². The molecule has 2 aromatic carbocycles. The van der Waals surface area contributed by atoms with Gasteiger partial charge in [-0.3, -0.25) is 4.98 Å². The Morgan fingerprint density at radius 2 is 1.83 bits per heavy atom. The molecule has 5 nitrogen and oxygen atoms in total. The van der Waals surface area contributed by atoms with E-state index in [9.17, 15) is 0 Å². The molecule has 2 aliphatic rings. The van der Waals surface area contributed by atoms with Gasteiger partial charge in [-0.25, -0.2) is 0 Å². The van der Waals surface area contributed by atoms with Crippen LogP contribution < -0.4 is 25.6 Å². The number of nitrogens with one attached hydrogen (secondary N) is 2. The molecule has 1 saturated heterocycles. The van der Waals surface area contributed by atoms with Crippen LogP contribution in [0.15, 0.2) is 66.9 Å². The summed E-state index contributed by atoms with van der Waals surface area (Å²) in [6.07, 6.45) is 4.22. The number of anilines is 3. The first-order chi connectivity index (χ1) is 14.3. The number of hydrogen-bond donors (Lipinski definition) is 2. The molecular weight excluding hydrogens is 379 g/mol. The molecular formula is C23H25N4OP. The number of pyridine rings is 1. The molecule has 2 unspecified atom stereocenters. The molecule has 1 aromatic heterocycles. The molecule has 29 heavy (non-hydrogen) atoms. The van der Waals surface area contributed by atoms with Crippen molar-refractivity contribution in [2.45, 2.75) is 25.1 Å². The second-order valence-corrected chi connectivity index (χ2v) is 8.18. The Bertz CT molecular complexity index is 974. The van der Waals surface area contributed by atoms with E-state index >= 15 is 0 Å². The topological polar surface area (TPSA) is 49.4 Å². The van der Waals surface area contributed by atoms with Crippen molar-refractivity contribution in [1.29, 1.82) is 0 Å².